The first-order chi connectivity index (χ1) is 24.7. The van der Waals surface area contributed by atoms with Gasteiger partial charge in [-0.1, -0.05) is 105 Å². The molecule has 0 spiro atoms. The molecule has 12 heteroatoms. The van der Waals surface area contributed by atoms with Gasteiger partial charge >= 0.3 is 12.2 Å². The van der Waals surface area contributed by atoms with Gasteiger partial charge in [0, 0.05) is 24.1 Å². The van der Waals surface area contributed by atoms with E-state index in [0.29, 0.717) is 30.7 Å². The van der Waals surface area contributed by atoms with Gasteiger partial charge in [0.25, 0.3) is 5.56 Å². The van der Waals surface area contributed by atoms with Crippen LogP contribution in [0.3, 0.4) is 0 Å². The van der Waals surface area contributed by atoms with Crippen LogP contribution in [0.5, 0.6) is 0 Å². The first-order valence-electron chi connectivity index (χ1n) is 16.8. The summed E-state index contributed by atoms with van der Waals surface area (Å²) in [5.74, 6) is 0.0247. The summed E-state index contributed by atoms with van der Waals surface area (Å²) in [6.07, 6.45) is 3.11. The molecule has 0 radical (unpaired) electrons. The summed E-state index contributed by atoms with van der Waals surface area (Å²) in [5.41, 5.74) is 1.81. The highest BCUT2D eigenvalue weighted by Gasteiger charge is 2.47. The molecule has 0 unspecified atom stereocenters. The van der Waals surface area contributed by atoms with E-state index in [1.54, 1.807) is 24.3 Å². The fourth-order valence-corrected chi connectivity index (χ4v) is 6.17. The number of amides is 3. The molecule has 2 heterocycles. The Bertz CT molecular complexity index is 1920. The van der Waals surface area contributed by atoms with E-state index in [0.717, 1.165) is 16.7 Å². The Hall–Kier alpha value is -6.04. The van der Waals surface area contributed by atoms with Crippen molar-refractivity contribution in [3.8, 4) is 0 Å². The highest BCUT2D eigenvalue weighted by Crippen LogP contribution is 2.44. The maximum atomic E-state index is 14.2. The summed E-state index contributed by atoms with van der Waals surface area (Å²) in [6, 6.07) is 24.4. The number of aromatic nitrogens is 2. The van der Waals surface area contributed by atoms with Crippen LogP contribution in [0, 0.1) is 5.41 Å². The zero-order chi connectivity index (χ0) is 36.4. The molecule has 0 aliphatic carbocycles. The minimum absolute atomic E-state index is 0.00526. The summed E-state index contributed by atoms with van der Waals surface area (Å²) >= 11 is 0. The SMILES string of the molecule is C=CCN(C(=O)OCc1ccccc1)c1cnc2n(c1=O)[C@H](C(=O)NCc1ccc(C(=N)NC(=O)OCc3ccccc3)cc1)CC2(CC)CC. The Morgan fingerprint density at radius 3 is 2.14 bits per heavy atom. The highest BCUT2D eigenvalue weighted by molar-refractivity contribution is 6.04. The van der Waals surface area contributed by atoms with Gasteiger partial charge < -0.3 is 14.8 Å². The Balaban J connectivity index is 1.27. The van der Waals surface area contributed by atoms with E-state index >= 15 is 0 Å². The van der Waals surface area contributed by atoms with Gasteiger partial charge in [-0.2, -0.15) is 0 Å². The van der Waals surface area contributed by atoms with Crippen LogP contribution in [-0.2, 0) is 39.4 Å². The smallest absolute Gasteiger partial charge is 0.415 e. The van der Waals surface area contributed by atoms with Crippen LogP contribution in [0.25, 0.3) is 0 Å². The Morgan fingerprint density at radius 1 is 0.941 bits per heavy atom. The largest absolute Gasteiger partial charge is 0.444 e. The molecule has 0 bridgehead atoms. The van der Waals surface area contributed by atoms with Crippen molar-refractivity contribution in [2.75, 3.05) is 11.4 Å². The van der Waals surface area contributed by atoms with Gasteiger partial charge in [0.1, 0.15) is 36.6 Å². The second-order valence-electron chi connectivity index (χ2n) is 12.3. The molecule has 4 aromatic rings. The minimum Gasteiger partial charge on any atom is -0.444 e. The number of carbonyl (C=O) groups excluding carboxylic acids is 3. The zero-order valence-electron chi connectivity index (χ0n) is 28.8. The fourth-order valence-electron chi connectivity index (χ4n) is 6.17. The average Bonchev–Trinajstić information content (AvgIpc) is 3.51. The van der Waals surface area contributed by atoms with Crippen molar-refractivity contribution in [3.05, 3.63) is 142 Å². The van der Waals surface area contributed by atoms with E-state index in [-0.39, 0.29) is 43.7 Å². The molecule has 3 aromatic carbocycles. The van der Waals surface area contributed by atoms with Crippen molar-refractivity contribution < 1.29 is 23.9 Å². The number of benzene rings is 3. The van der Waals surface area contributed by atoms with Crippen LogP contribution in [-0.4, -0.2) is 40.0 Å². The van der Waals surface area contributed by atoms with Crippen LogP contribution in [0.15, 0.2) is 109 Å². The quantitative estimate of drug-likeness (QED) is 0.0864. The number of amidine groups is 1. The first kappa shape index (κ1) is 36.2. The van der Waals surface area contributed by atoms with Crippen molar-refractivity contribution in [1.82, 2.24) is 20.2 Å². The van der Waals surface area contributed by atoms with Crippen LogP contribution >= 0.6 is 0 Å². The molecule has 264 valence electrons. The molecular weight excluding hydrogens is 648 g/mol. The Morgan fingerprint density at radius 2 is 1.55 bits per heavy atom. The van der Waals surface area contributed by atoms with E-state index in [2.05, 4.69) is 22.2 Å². The summed E-state index contributed by atoms with van der Waals surface area (Å²) < 4.78 is 12.1. The lowest BCUT2D eigenvalue weighted by Gasteiger charge is -2.25. The fraction of sp³-hybridized carbons (Fsp3) is 0.282. The predicted molar refractivity (Wildman–Crippen MR) is 193 cm³/mol. The summed E-state index contributed by atoms with van der Waals surface area (Å²) in [4.78, 5) is 59.3. The number of carbonyl (C=O) groups is 3. The molecular formula is C39H42N6O6. The lowest BCUT2D eigenvalue weighted by atomic mass is 9.79. The first-order valence-corrected chi connectivity index (χ1v) is 16.8. The van der Waals surface area contributed by atoms with Gasteiger partial charge in [-0.05, 0) is 36.0 Å². The number of rotatable bonds is 13. The second kappa shape index (κ2) is 16.6. The maximum Gasteiger partial charge on any atom is 0.415 e. The molecule has 1 aliphatic heterocycles. The molecule has 3 N–H and O–H groups in total. The van der Waals surface area contributed by atoms with E-state index in [9.17, 15) is 19.2 Å². The third-order valence-electron chi connectivity index (χ3n) is 9.18. The zero-order valence-corrected chi connectivity index (χ0v) is 28.8. The molecule has 0 fully saturated rings. The second-order valence-corrected chi connectivity index (χ2v) is 12.3. The van der Waals surface area contributed by atoms with Crippen LogP contribution in [0.4, 0.5) is 15.3 Å². The van der Waals surface area contributed by atoms with E-state index in [4.69, 9.17) is 14.9 Å². The Kier molecular flexibility index (Phi) is 11.8. The monoisotopic (exact) mass is 690 g/mol. The van der Waals surface area contributed by atoms with E-state index < -0.39 is 29.2 Å². The number of hydrogen-bond donors (Lipinski definition) is 3. The third kappa shape index (κ3) is 8.41. The normalized spacial score (nSPS) is 14.1. The van der Waals surface area contributed by atoms with Gasteiger partial charge in [0.15, 0.2) is 0 Å². The molecule has 0 saturated carbocycles. The molecule has 1 aromatic heterocycles. The number of nitrogens with zero attached hydrogens (tertiary/aromatic N) is 3. The van der Waals surface area contributed by atoms with Crippen LogP contribution in [0.2, 0.25) is 0 Å². The lowest BCUT2D eigenvalue weighted by molar-refractivity contribution is -0.124. The number of anilines is 1. The number of hydrogen-bond acceptors (Lipinski definition) is 8. The van der Waals surface area contributed by atoms with Gasteiger partial charge in [0.05, 0.1) is 6.20 Å². The molecule has 1 aliphatic rings. The van der Waals surface area contributed by atoms with Crippen molar-refractivity contribution in [2.45, 2.75) is 64.3 Å². The molecule has 51 heavy (non-hydrogen) atoms. The lowest BCUT2D eigenvalue weighted by Crippen LogP contribution is -2.41. The molecule has 1 atom stereocenters. The molecule has 3 amide bonds. The van der Waals surface area contributed by atoms with Crippen molar-refractivity contribution in [1.29, 1.82) is 5.41 Å². The number of nitrogens with one attached hydrogen (secondary N) is 3. The van der Waals surface area contributed by atoms with Crippen molar-refractivity contribution in [2.24, 2.45) is 0 Å². The maximum absolute atomic E-state index is 14.2. The highest BCUT2D eigenvalue weighted by atomic mass is 16.6. The minimum atomic E-state index is -0.857. The van der Waals surface area contributed by atoms with Gasteiger partial charge in [-0.15, -0.1) is 6.58 Å². The van der Waals surface area contributed by atoms with Crippen molar-refractivity contribution in [3.63, 3.8) is 0 Å². The van der Waals surface area contributed by atoms with E-state index in [1.807, 2.05) is 74.5 Å². The van der Waals surface area contributed by atoms with Gasteiger partial charge in [0.2, 0.25) is 5.91 Å². The number of fused-ring (bicyclic) bond motifs is 1. The molecule has 5 rings (SSSR count). The predicted octanol–water partition coefficient (Wildman–Crippen LogP) is 6.14. The molecule has 12 nitrogen and oxygen atoms in total. The number of alkyl carbamates (subject to hydrolysis) is 1. The summed E-state index contributed by atoms with van der Waals surface area (Å²) in [5, 5.41) is 13.6. The van der Waals surface area contributed by atoms with Crippen LogP contribution < -0.4 is 21.1 Å². The molecule has 0 saturated heterocycles. The number of ether oxygens (including phenoxy) is 2. The third-order valence-corrected chi connectivity index (χ3v) is 9.18. The van der Waals surface area contributed by atoms with Gasteiger partial charge in [-0.25, -0.2) is 14.6 Å². The summed E-state index contributed by atoms with van der Waals surface area (Å²) in [7, 11) is 0. The topological polar surface area (TPSA) is 156 Å². The van der Waals surface area contributed by atoms with Crippen molar-refractivity contribution >= 4 is 29.6 Å². The Labute approximate surface area is 296 Å². The van der Waals surface area contributed by atoms with E-state index in [1.165, 1.54) is 21.7 Å². The van der Waals surface area contributed by atoms with Gasteiger partial charge in [-0.3, -0.25) is 29.8 Å². The standard InChI is InChI=1S/C39H42N6O6/c1-4-21-44(38(49)51-26-29-15-11-8-12-16-29)32-24-42-36-39(5-2,6-3)22-31(45(36)35(32)47)34(46)41-23-27-17-19-30(20-18-27)33(40)43-37(48)50-25-28-13-9-7-10-14-28/h4,7-20,24,31H,1,5-6,21-23,25-26H2,2-3H3,(H,41,46)(H2,40,43,48)/t31-/m0/s1. The summed E-state index contributed by atoms with van der Waals surface area (Å²) in [6.45, 7) is 8.03. The average molecular weight is 691 g/mol. The van der Waals surface area contributed by atoms with Crippen LogP contribution in [0.1, 0.15) is 67.2 Å².